The fourth-order valence-electron chi connectivity index (χ4n) is 1.44. The quantitative estimate of drug-likeness (QED) is 0.888. The van der Waals surface area contributed by atoms with Gasteiger partial charge in [0.25, 0.3) is 5.91 Å². The average Bonchev–Trinajstić information content (AvgIpc) is 3.10. The Morgan fingerprint density at radius 1 is 1.39 bits per heavy atom. The second-order valence-electron chi connectivity index (χ2n) is 4.15. The highest BCUT2D eigenvalue weighted by Gasteiger charge is 2.23. The molecule has 1 saturated carbocycles. The van der Waals surface area contributed by atoms with Crippen LogP contribution in [-0.2, 0) is 4.79 Å². The maximum atomic E-state index is 11.8. The fourth-order valence-corrected chi connectivity index (χ4v) is 2.30. The lowest BCUT2D eigenvalue weighted by Crippen LogP contribution is -2.37. The van der Waals surface area contributed by atoms with E-state index in [0.29, 0.717) is 21.1 Å². The lowest BCUT2D eigenvalue weighted by Gasteiger charge is -2.07. The minimum Gasteiger partial charge on any atom is -0.352 e. The molecule has 0 unspecified atom stereocenters. The van der Waals surface area contributed by atoms with Gasteiger partial charge in [0, 0.05) is 15.5 Å². The maximum Gasteiger partial charge on any atom is 0.252 e. The van der Waals surface area contributed by atoms with Gasteiger partial charge in [-0.15, -0.1) is 0 Å². The summed E-state index contributed by atoms with van der Waals surface area (Å²) < 4.78 is 0.607. The van der Waals surface area contributed by atoms with Crippen molar-refractivity contribution < 1.29 is 9.59 Å². The Morgan fingerprint density at radius 3 is 2.72 bits per heavy atom. The number of carbonyl (C=O) groups is 2. The van der Waals surface area contributed by atoms with Gasteiger partial charge in [-0.25, -0.2) is 0 Å². The van der Waals surface area contributed by atoms with Crippen molar-refractivity contribution in [1.82, 2.24) is 10.6 Å². The Bertz CT molecular complexity index is 489. The van der Waals surface area contributed by atoms with Crippen LogP contribution < -0.4 is 10.6 Å². The van der Waals surface area contributed by atoms with Crippen LogP contribution in [0.15, 0.2) is 22.7 Å². The van der Waals surface area contributed by atoms with Crippen molar-refractivity contribution >= 4 is 39.3 Å². The summed E-state index contributed by atoms with van der Waals surface area (Å²) in [5.41, 5.74) is 0.457. The normalized spacial score (nSPS) is 14.1. The Balaban J connectivity index is 1.88. The molecule has 2 N–H and O–H groups in total. The van der Waals surface area contributed by atoms with Gasteiger partial charge in [-0.3, -0.25) is 9.59 Å². The first-order valence-corrected chi connectivity index (χ1v) is 6.76. The first-order valence-electron chi connectivity index (χ1n) is 5.59. The number of benzene rings is 1. The van der Waals surface area contributed by atoms with Crippen LogP contribution in [0.2, 0.25) is 5.02 Å². The third-order valence-electron chi connectivity index (χ3n) is 2.53. The van der Waals surface area contributed by atoms with E-state index >= 15 is 0 Å². The van der Waals surface area contributed by atoms with Crippen LogP contribution in [-0.4, -0.2) is 24.4 Å². The first-order chi connectivity index (χ1) is 8.56. The molecule has 0 aliphatic heterocycles. The van der Waals surface area contributed by atoms with Crippen molar-refractivity contribution in [2.24, 2.45) is 0 Å². The van der Waals surface area contributed by atoms with Crippen LogP contribution in [0.1, 0.15) is 23.2 Å². The third-order valence-corrected chi connectivity index (χ3v) is 3.42. The van der Waals surface area contributed by atoms with Crippen LogP contribution in [0.4, 0.5) is 0 Å². The molecule has 4 nitrogen and oxygen atoms in total. The SMILES string of the molecule is O=C(CNC(=O)c1ccc(Cl)cc1Br)NC1CC1. The van der Waals surface area contributed by atoms with Gasteiger partial charge in [0.15, 0.2) is 0 Å². The number of amides is 2. The average molecular weight is 332 g/mol. The number of carbonyl (C=O) groups excluding carboxylic acids is 2. The molecule has 1 fully saturated rings. The second-order valence-corrected chi connectivity index (χ2v) is 5.44. The summed E-state index contributed by atoms with van der Waals surface area (Å²) in [7, 11) is 0. The molecule has 0 heterocycles. The maximum absolute atomic E-state index is 11.8. The number of hydrogen-bond donors (Lipinski definition) is 2. The molecule has 0 atom stereocenters. The summed E-state index contributed by atoms with van der Waals surface area (Å²) in [6.07, 6.45) is 2.06. The molecule has 0 spiro atoms. The minimum absolute atomic E-state index is 0.00952. The van der Waals surface area contributed by atoms with Crippen molar-refractivity contribution in [2.75, 3.05) is 6.54 Å². The van der Waals surface area contributed by atoms with E-state index in [-0.39, 0.29) is 18.4 Å². The van der Waals surface area contributed by atoms with Crippen LogP contribution in [0.25, 0.3) is 0 Å². The van der Waals surface area contributed by atoms with E-state index in [2.05, 4.69) is 26.6 Å². The molecular formula is C12H12BrClN2O2. The molecule has 0 saturated heterocycles. The van der Waals surface area contributed by atoms with Gasteiger partial charge in [-0.05, 0) is 47.0 Å². The zero-order valence-electron chi connectivity index (χ0n) is 9.50. The lowest BCUT2D eigenvalue weighted by atomic mass is 10.2. The van der Waals surface area contributed by atoms with Crippen LogP contribution in [0.3, 0.4) is 0 Å². The van der Waals surface area contributed by atoms with Gasteiger partial charge < -0.3 is 10.6 Å². The molecule has 0 radical (unpaired) electrons. The smallest absolute Gasteiger partial charge is 0.252 e. The van der Waals surface area contributed by atoms with E-state index in [4.69, 9.17) is 11.6 Å². The molecule has 1 aliphatic rings. The topological polar surface area (TPSA) is 58.2 Å². The highest BCUT2D eigenvalue weighted by Crippen LogP contribution is 2.21. The van der Waals surface area contributed by atoms with Gasteiger partial charge in [-0.1, -0.05) is 11.6 Å². The Labute approximate surface area is 118 Å². The van der Waals surface area contributed by atoms with Crippen molar-refractivity contribution in [3.63, 3.8) is 0 Å². The number of halogens is 2. The molecule has 0 bridgehead atoms. The summed E-state index contributed by atoms with van der Waals surface area (Å²) in [6, 6.07) is 5.18. The van der Waals surface area contributed by atoms with Gasteiger partial charge in [-0.2, -0.15) is 0 Å². The van der Waals surface area contributed by atoms with Crippen molar-refractivity contribution in [1.29, 1.82) is 0 Å². The molecule has 1 aromatic rings. The predicted molar refractivity (Wildman–Crippen MR) is 72.6 cm³/mol. The zero-order valence-corrected chi connectivity index (χ0v) is 11.8. The third kappa shape index (κ3) is 3.71. The zero-order chi connectivity index (χ0) is 13.1. The van der Waals surface area contributed by atoms with Crippen molar-refractivity contribution in [3.05, 3.63) is 33.3 Å². The van der Waals surface area contributed by atoms with E-state index in [0.717, 1.165) is 12.8 Å². The molecule has 6 heteroatoms. The van der Waals surface area contributed by atoms with E-state index < -0.39 is 0 Å². The Morgan fingerprint density at radius 2 is 2.11 bits per heavy atom. The summed E-state index contributed by atoms with van der Waals surface area (Å²) in [6.45, 7) is -0.00952. The highest BCUT2D eigenvalue weighted by atomic mass is 79.9. The lowest BCUT2D eigenvalue weighted by molar-refractivity contribution is -0.120. The summed E-state index contributed by atoms with van der Waals surface area (Å²) >= 11 is 9.05. The van der Waals surface area contributed by atoms with Gasteiger partial charge >= 0.3 is 0 Å². The summed E-state index contributed by atoms with van der Waals surface area (Å²) in [5, 5.41) is 5.91. The fraction of sp³-hybridized carbons (Fsp3) is 0.333. The number of rotatable bonds is 4. The first kappa shape index (κ1) is 13.4. The van der Waals surface area contributed by atoms with Crippen molar-refractivity contribution in [3.8, 4) is 0 Å². The minimum atomic E-state index is -0.301. The van der Waals surface area contributed by atoms with Crippen LogP contribution >= 0.6 is 27.5 Å². The molecule has 1 aromatic carbocycles. The standard InChI is InChI=1S/C12H12BrClN2O2/c13-10-5-7(14)1-4-9(10)12(18)15-6-11(17)16-8-2-3-8/h1,4-5,8H,2-3,6H2,(H,15,18)(H,16,17). The van der Waals surface area contributed by atoms with Crippen LogP contribution in [0.5, 0.6) is 0 Å². The summed E-state index contributed by atoms with van der Waals surface area (Å²) in [4.78, 5) is 23.2. The Kier molecular flexibility index (Phi) is 4.24. The van der Waals surface area contributed by atoms with Crippen LogP contribution in [0, 0.1) is 0 Å². The number of nitrogens with one attached hydrogen (secondary N) is 2. The van der Waals surface area contributed by atoms with E-state index in [1.54, 1.807) is 18.2 Å². The van der Waals surface area contributed by atoms with Gasteiger partial charge in [0.2, 0.25) is 5.91 Å². The monoisotopic (exact) mass is 330 g/mol. The molecule has 2 rings (SSSR count). The molecule has 1 aliphatic carbocycles. The second kappa shape index (κ2) is 5.71. The summed E-state index contributed by atoms with van der Waals surface area (Å²) in [5.74, 6) is -0.458. The Hall–Kier alpha value is -1.07. The predicted octanol–water partition coefficient (Wildman–Crippen LogP) is 2.11. The largest absolute Gasteiger partial charge is 0.352 e. The van der Waals surface area contributed by atoms with Gasteiger partial charge in [0.1, 0.15) is 0 Å². The number of hydrogen-bond acceptors (Lipinski definition) is 2. The van der Waals surface area contributed by atoms with Crippen molar-refractivity contribution in [2.45, 2.75) is 18.9 Å². The molecule has 18 heavy (non-hydrogen) atoms. The molecule has 96 valence electrons. The highest BCUT2D eigenvalue weighted by molar-refractivity contribution is 9.10. The van der Waals surface area contributed by atoms with E-state index in [1.165, 1.54) is 0 Å². The van der Waals surface area contributed by atoms with E-state index in [9.17, 15) is 9.59 Å². The van der Waals surface area contributed by atoms with Gasteiger partial charge in [0.05, 0.1) is 12.1 Å². The molecular weight excluding hydrogens is 320 g/mol. The molecule has 2 amide bonds. The molecule has 0 aromatic heterocycles. The van der Waals surface area contributed by atoms with E-state index in [1.807, 2.05) is 0 Å².